The number of ether oxygens (including phenoxy) is 7. The number of aliphatic hydroxyl groups excluding tert-OH is 2. The van der Waals surface area contributed by atoms with Crippen molar-refractivity contribution in [2.45, 2.75) is 108 Å². The molecule has 2 fully saturated rings. The molecule has 3 rings (SSSR count). The molecule has 0 spiro atoms. The number of benzene rings is 1. The molecule has 41 heavy (non-hydrogen) atoms. The van der Waals surface area contributed by atoms with Crippen molar-refractivity contribution in [3.8, 4) is 0 Å². The van der Waals surface area contributed by atoms with Gasteiger partial charge in [-0.2, -0.15) is 0 Å². The van der Waals surface area contributed by atoms with Gasteiger partial charge in [0.1, 0.15) is 37.1 Å². The molecule has 0 amide bonds. The molecule has 0 aromatic heterocycles. The monoisotopic (exact) mass is 581 g/mol. The maximum atomic E-state index is 13.2. The lowest BCUT2D eigenvalue weighted by Crippen LogP contribution is -2.63. The topological polar surface area (TPSA) is 171 Å². The summed E-state index contributed by atoms with van der Waals surface area (Å²) in [6.07, 6.45) is -4.51. The van der Waals surface area contributed by atoms with E-state index in [-0.39, 0.29) is 13.2 Å². The van der Waals surface area contributed by atoms with Crippen LogP contribution in [0.1, 0.15) is 52.0 Å². The Morgan fingerprint density at radius 2 is 1.80 bits per heavy atom. The van der Waals surface area contributed by atoms with Crippen molar-refractivity contribution < 1.29 is 48.2 Å². The van der Waals surface area contributed by atoms with Crippen LogP contribution >= 0.6 is 0 Å². The van der Waals surface area contributed by atoms with Crippen LogP contribution < -0.4 is 0 Å². The molecular formula is C28H43N3O10. The van der Waals surface area contributed by atoms with E-state index in [0.717, 1.165) is 31.2 Å². The van der Waals surface area contributed by atoms with Gasteiger partial charge in [-0.15, -0.1) is 0 Å². The van der Waals surface area contributed by atoms with Gasteiger partial charge in [0.25, 0.3) is 0 Å². The normalized spacial score (nSPS) is 29.4. The number of carbonyl (C=O) groups is 1. The van der Waals surface area contributed by atoms with Crippen LogP contribution in [0.4, 0.5) is 0 Å². The van der Waals surface area contributed by atoms with E-state index in [0.29, 0.717) is 13.2 Å². The van der Waals surface area contributed by atoms with Crippen LogP contribution in [0, 0.1) is 0 Å². The molecule has 0 aliphatic carbocycles. The van der Waals surface area contributed by atoms with Crippen molar-refractivity contribution in [2.75, 3.05) is 26.4 Å². The zero-order valence-corrected chi connectivity index (χ0v) is 23.9. The fraction of sp³-hybridized carbons (Fsp3) is 0.750. The van der Waals surface area contributed by atoms with E-state index in [9.17, 15) is 15.0 Å². The molecule has 2 saturated heterocycles. The van der Waals surface area contributed by atoms with Crippen LogP contribution in [0.15, 0.2) is 35.4 Å². The van der Waals surface area contributed by atoms with E-state index in [1.807, 2.05) is 44.2 Å². The predicted molar refractivity (Wildman–Crippen MR) is 145 cm³/mol. The molecule has 230 valence electrons. The number of unbranched alkanes of at least 4 members (excludes halogenated alkanes) is 2. The van der Waals surface area contributed by atoms with Crippen LogP contribution in [0.25, 0.3) is 10.4 Å². The second-order valence-electron chi connectivity index (χ2n) is 10.1. The van der Waals surface area contributed by atoms with Gasteiger partial charge < -0.3 is 43.4 Å². The Balaban J connectivity index is 1.77. The SMILES string of the molecule is CCCCOC1[C@H](O)[C@H](C(=O)OCc2ccccc2)O[C@@H](O[C@@H](C)C2CO[C@@H]([C@H](CO)N=[N+]=[N-])O2)[C@H]1OCCCC. The van der Waals surface area contributed by atoms with E-state index in [2.05, 4.69) is 10.0 Å². The lowest BCUT2D eigenvalue weighted by Gasteiger charge is -2.44. The Bertz CT molecular complexity index is 950. The Kier molecular flexibility index (Phi) is 14.2. The van der Waals surface area contributed by atoms with Crippen molar-refractivity contribution in [3.63, 3.8) is 0 Å². The average molecular weight is 582 g/mol. The van der Waals surface area contributed by atoms with Gasteiger partial charge in [-0.05, 0) is 30.9 Å². The molecular weight excluding hydrogens is 538 g/mol. The third-order valence-corrected chi connectivity index (χ3v) is 6.90. The van der Waals surface area contributed by atoms with E-state index < -0.39 is 67.8 Å². The summed E-state index contributed by atoms with van der Waals surface area (Å²) in [4.78, 5) is 15.9. The maximum absolute atomic E-state index is 13.2. The van der Waals surface area contributed by atoms with E-state index >= 15 is 0 Å². The second kappa shape index (κ2) is 17.6. The molecule has 13 heteroatoms. The molecule has 0 radical (unpaired) electrons. The second-order valence-corrected chi connectivity index (χ2v) is 10.1. The van der Waals surface area contributed by atoms with Crippen LogP contribution in [0.2, 0.25) is 0 Å². The zero-order valence-electron chi connectivity index (χ0n) is 23.9. The number of nitrogens with zero attached hydrogens (tertiary/aromatic N) is 3. The van der Waals surface area contributed by atoms with Crippen molar-refractivity contribution in [2.24, 2.45) is 5.11 Å². The minimum absolute atomic E-state index is 0.0117. The van der Waals surface area contributed by atoms with Gasteiger partial charge in [-0.3, -0.25) is 0 Å². The van der Waals surface area contributed by atoms with E-state index in [1.54, 1.807) is 6.92 Å². The first-order valence-electron chi connectivity index (χ1n) is 14.3. The quantitative estimate of drug-likeness (QED) is 0.0916. The highest BCUT2D eigenvalue weighted by molar-refractivity contribution is 5.75. The number of rotatable bonds is 17. The smallest absolute Gasteiger partial charge is 0.338 e. The molecule has 2 N–H and O–H groups in total. The Labute approximate surface area is 240 Å². The van der Waals surface area contributed by atoms with Gasteiger partial charge in [-0.1, -0.05) is 62.1 Å². The van der Waals surface area contributed by atoms with Crippen molar-refractivity contribution >= 4 is 5.97 Å². The molecule has 0 saturated carbocycles. The van der Waals surface area contributed by atoms with Crippen molar-refractivity contribution in [3.05, 3.63) is 46.3 Å². The Morgan fingerprint density at radius 3 is 2.44 bits per heavy atom. The summed E-state index contributed by atoms with van der Waals surface area (Å²) in [5, 5.41) is 24.3. The third-order valence-electron chi connectivity index (χ3n) is 6.90. The van der Waals surface area contributed by atoms with Gasteiger partial charge in [-0.25, -0.2) is 4.79 Å². The zero-order chi connectivity index (χ0) is 29.6. The first kappa shape index (κ1) is 33.2. The molecule has 1 aromatic rings. The lowest BCUT2D eigenvalue weighted by atomic mass is 9.98. The number of hydrogen-bond donors (Lipinski definition) is 2. The first-order valence-corrected chi connectivity index (χ1v) is 14.3. The highest BCUT2D eigenvalue weighted by atomic mass is 16.8. The van der Waals surface area contributed by atoms with Crippen LogP contribution in [0.3, 0.4) is 0 Å². The fourth-order valence-electron chi connectivity index (χ4n) is 4.46. The lowest BCUT2D eigenvalue weighted by molar-refractivity contribution is -0.323. The number of aliphatic hydroxyl groups is 2. The highest BCUT2D eigenvalue weighted by Gasteiger charge is 2.51. The summed E-state index contributed by atoms with van der Waals surface area (Å²) in [5.41, 5.74) is 9.54. The number of esters is 1. The van der Waals surface area contributed by atoms with Crippen molar-refractivity contribution in [1.29, 1.82) is 0 Å². The van der Waals surface area contributed by atoms with E-state index in [1.165, 1.54) is 0 Å². The molecule has 2 aliphatic rings. The van der Waals surface area contributed by atoms with Crippen LogP contribution in [-0.4, -0.2) is 97.9 Å². The fourth-order valence-corrected chi connectivity index (χ4v) is 4.46. The van der Waals surface area contributed by atoms with E-state index in [4.69, 9.17) is 38.7 Å². The number of azide groups is 1. The van der Waals surface area contributed by atoms with Gasteiger partial charge in [0.2, 0.25) is 0 Å². The Morgan fingerprint density at radius 1 is 1.12 bits per heavy atom. The highest BCUT2D eigenvalue weighted by Crippen LogP contribution is 2.31. The Hall–Kier alpha value is -2.32. The molecule has 0 bridgehead atoms. The van der Waals surface area contributed by atoms with Crippen LogP contribution in [0.5, 0.6) is 0 Å². The molecule has 13 nitrogen and oxygen atoms in total. The number of hydrogen-bond acceptors (Lipinski definition) is 11. The summed E-state index contributed by atoms with van der Waals surface area (Å²) >= 11 is 0. The minimum atomic E-state index is -1.38. The van der Waals surface area contributed by atoms with Gasteiger partial charge in [0.05, 0.1) is 19.3 Å². The molecule has 9 atom stereocenters. The average Bonchev–Trinajstić information content (AvgIpc) is 3.48. The van der Waals surface area contributed by atoms with Gasteiger partial charge in [0.15, 0.2) is 18.7 Å². The number of carbonyl (C=O) groups excluding carboxylic acids is 1. The molecule has 1 aromatic carbocycles. The predicted octanol–water partition coefficient (Wildman–Crippen LogP) is 3.00. The minimum Gasteiger partial charge on any atom is -0.459 e. The third kappa shape index (κ3) is 9.60. The van der Waals surface area contributed by atoms with Gasteiger partial charge >= 0.3 is 5.97 Å². The summed E-state index contributed by atoms with van der Waals surface area (Å²) < 4.78 is 41.4. The largest absolute Gasteiger partial charge is 0.459 e. The summed E-state index contributed by atoms with van der Waals surface area (Å²) in [6.45, 7) is 6.19. The van der Waals surface area contributed by atoms with Crippen LogP contribution in [-0.2, 0) is 44.6 Å². The molecule has 2 heterocycles. The standard InChI is InChI=1S/C28H43N3O10/c1-4-6-13-35-23-22(33)24(26(34)37-16-19-11-9-8-10-12-19)41-28(25(23)36-14-7-5-2)39-18(3)21-17-38-27(40-21)20(15-32)30-31-29/h8-12,18,20-25,27-28,32-33H,4-7,13-17H2,1-3H3/t18-,20-,21?,22-,23?,24+,25-,27+,28+/m0/s1. The van der Waals surface area contributed by atoms with Crippen molar-refractivity contribution in [1.82, 2.24) is 0 Å². The summed E-state index contributed by atoms with van der Waals surface area (Å²) in [5.74, 6) is -0.751. The van der Waals surface area contributed by atoms with Gasteiger partial charge in [0, 0.05) is 18.1 Å². The first-order chi connectivity index (χ1) is 19.9. The summed E-state index contributed by atoms with van der Waals surface area (Å²) in [6, 6.07) is 8.28. The molecule has 2 unspecified atom stereocenters. The summed E-state index contributed by atoms with van der Waals surface area (Å²) in [7, 11) is 0. The maximum Gasteiger partial charge on any atom is 0.338 e. The molecule has 2 aliphatic heterocycles.